The molecule has 3 N–H and O–H groups in total. The zero-order valence-corrected chi connectivity index (χ0v) is 9.47. The Hall–Kier alpha value is -0.820. The summed E-state index contributed by atoms with van der Waals surface area (Å²) in [6.07, 6.45) is -3.81. The largest absolute Gasteiger partial charge is 0.399 e. The van der Waals surface area contributed by atoms with E-state index in [9.17, 15) is 13.2 Å². The van der Waals surface area contributed by atoms with Crippen molar-refractivity contribution in [3.05, 3.63) is 0 Å². The molecule has 4 nitrogen and oxygen atoms in total. The van der Waals surface area contributed by atoms with Crippen LogP contribution in [0.4, 0.5) is 13.2 Å². The van der Waals surface area contributed by atoms with Gasteiger partial charge in [0.15, 0.2) is 0 Å². The number of nitrogens with two attached hydrogens (primary N) is 1. The summed E-state index contributed by atoms with van der Waals surface area (Å²) < 4.78 is 42.1. The van der Waals surface area contributed by atoms with E-state index < -0.39 is 17.9 Å². The highest BCUT2D eigenvalue weighted by Crippen LogP contribution is 2.26. The number of methoxy groups -OCH3 is 1. The molecule has 0 aromatic heterocycles. The highest BCUT2D eigenvalue weighted by Gasteiger charge is 2.42. The molecule has 0 bridgehead atoms. The van der Waals surface area contributed by atoms with Crippen LogP contribution in [0.15, 0.2) is 0 Å². The van der Waals surface area contributed by atoms with Gasteiger partial charge in [-0.2, -0.15) is 13.2 Å². The molecule has 0 saturated carbocycles. The van der Waals surface area contributed by atoms with Gasteiger partial charge >= 0.3 is 6.18 Å². The standard InChI is InChI=1S/C9H18F3N3O/c1-15(4-3-5-16-2)6-7(8(13)14)9(10,11)12/h7H,3-6H2,1-2H3,(H3,13,14). The third-order valence-electron chi connectivity index (χ3n) is 2.15. The third kappa shape index (κ3) is 5.92. The summed E-state index contributed by atoms with van der Waals surface area (Å²) in [5.74, 6) is -2.73. The molecule has 0 aliphatic carbocycles. The van der Waals surface area contributed by atoms with Crippen molar-refractivity contribution >= 4 is 5.84 Å². The molecule has 1 atom stereocenters. The van der Waals surface area contributed by atoms with E-state index in [1.807, 2.05) is 0 Å². The van der Waals surface area contributed by atoms with Crippen LogP contribution >= 0.6 is 0 Å². The van der Waals surface area contributed by atoms with E-state index in [2.05, 4.69) is 0 Å². The Labute approximate surface area is 93.1 Å². The number of halogens is 3. The summed E-state index contributed by atoms with van der Waals surface area (Å²) in [5, 5.41) is 6.92. The topological polar surface area (TPSA) is 62.3 Å². The minimum Gasteiger partial charge on any atom is -0.387 e. The van der Waals surface area contributed by atoms with Gasteiger partial charge < -0.3 is 15.4 Å². The molecule has 96 valence electrons. The Kier molecular flexibility index (Phi) is 6.35. The predicted molar refractivity (Wildman–Crippen MR) is 55.4 cm³/mol. The van der Waals surface area contributed by atoms with Gasteiger partial charge in [-0.1, -0.05) is 0 Å². The molecule has 7 heteroatoms. The fourth-order valence-corrected chi connectivity index (χ4v) is 1.26. The number of amidine groups is 1. The molecule has 0 heterocycles. The first kappa shape index (κ1) is 15.2. The fraction of sp³-hybridized carbons (Fsp3) is 0.889. The van der Waals surface area contributed by atoms with Gasteiger partial charge in [0.25, 0.3) is 0 Å². The van der Waals surface area contributed by atoms with Crippen molar-refractivity contribution in [1.29, 1.82) is 5.41 Å². The van der Waals surface area contributed by atoms with Gasteiger partial charge in [0.05, 0.1) is 0 Å². The Morgan fingerprint density at radius 2 is 2.06 bits per heavy atom. The molecule has 1 unspecified atom stereocenters. The zero-order valence-electron chi connectivity index (χ0n) is 9.47. The smallest absolute Gasteiger partial charge is 0.387 e. The highest BCUT2D eigenvalue weighted by molar-refractivity contribution is 5.80. The second-order valence-electron chi connectivity index (χ2n) is 3.66. The van der Waals surface area contributed by atoms with Crippen LogP contribution in [0, 0.1) is 11.3 Å². The minimum absolute atomic E-state index is 0.289. The molecule has 0 fully saturated rings. The Balaban J connectivity index is 4.15. The van der Waals surface area contributed by atoms with Crippen molar-refractivity contribution in [3.63, 3.8) is 0 Å². The van der Waals surface area contributed by atoms with Crippen LogP contribution in [0.1, 0.15) is 6.42 Å². The molecule has 0 aliphatic rings. The van der Waals surface area contributed by atoms with Gasteiger partial charge in [0.1, 0.15) is 11.8 Å². The average molecular weight is 241 g/mol. The van der Waals surface area contributed by atoms with E-state index in [1.54, 1.807) is 7.05 Å². The summed E-state index contributed by atoms with van der Waals surface area (Å²) in [6.45, 7) is 0.692. The zero-order chi connectivity index (χ0) is 12.8. The minimum atomic E-state index is -4.46. The van der Waals surface area contributed by atoms with E-state index in [1.165, 1.54) is 12.0 Å². The van der Waals surface area contributed by atoms with Gasteiger partial charge in [-0.25, -0.2) is 0 Å². The summed E-state index contributed by atoms with van der Waals surface area (Å²) in [7, 11) is 3.10. The molecule has 0 radical (unpaired) electrons. The maximum absolute atomic E-state index is 12.4. The quantitative estimate of drug-likeness (QED) is 0.398. The van der Waals surface area contributed by atoms with Crippen molar-refractivity contribution in [2.24, 2.45) is 11.7 Å². The lowest BCUT2D eigenvalue weighted by Crippen LogP contribution is -2.43. The van der Waals surface area contributed by atoms with Crippen LogP contribution in [0.25, 0.3) is 0 Å². The van der Waals surface area contributed by atoms with Crippen LogP contribution in [0.5, 0.6) is 0 Å². The number of nitrogens with one attached hydrogen (secondary N) is 1. The first-order valence-corrected chi connectivity index (χ1v) is 4.87. The molecular weight excluding hydrogens is 223 g/mol. The number of hydrogen-bond donors (Lipinski definition) is 2. The Bertz CT molecular complexity index is 221. The van der Waals surface area contributed by atoms with Gasteiger partial charge in [0, 0.05) is 26.8 Å². The van der Waals surface area contributed by atoms with E-state index in [0.717, 1.165) is 0 Å². The van der Waals surface area contributed by atoms with Crippen LogP contribution in [-0.4, -0.2) is 50.8 Å². The van der Waals surface area contributed by atoms with Crippen molar-refractivity contribution in [2.45, 2.75) is 12.6 Å². The van der Waals surface area contributed by atoms with Gasteiger partial charge in [-0.05, 0) is 13.5 Å². The van der Waals surface area contributed by atoms with Gasteiger partial charge in [-0.3, -0.25) is 5.41 Å². The molecule has 0 rings (SSSR count). The predicted octanol–water partition coefficient (Wildman–Crippen LogP) is 1.07. The molecule has 16 heavy (non-hydrogen) atoms. The number of hydrogen-bond acceptors (Lipinski definition) is 3. The summed E-state index contributed by atoms with van der Waals surface area (Å²) in [6, 6.07) is 0. The number of ether oxygens (including phenoxy) is 1. The van der Waals surface area contributed by atoms with Gasteiger partial charge in [-0.15, -0.1) is 0 Å². The van der Waals surface area contributed by atoms with Gasteiger partial charge in [0.2, 0.25) is 0 Å². The molecule has 0 saturated heterocycles. The Morgan fingerprint density at radius 1 is 1.50 bits per heavy atom. The molecule has 0 spiro atoms. The first-order valence-electron chi connectivity index (χ1n) is 4.87. The van der Waals surface area contributed by atoms with Crippen LogP contribution in [0.2, 0.25) is 0 Å². The monoisotopic (exact) mass is 241 g/mol. The molecule has 0 aliphatic heterocycles. The van der Waals surface area contributed by atoms with E-state index >= 15 is 0 Å². The number of nitrogens with zero attached hydrogens (tertiary/aromatic N) is 1. The first-order chi connectivity index (χ1) is 7.29. The van der Waals surface area contributed by atoms with Crippen molar-refractivity contribution < 1.29 is 17.9 Å². The second kappa shape index (κ2) is 6.70. The van der Waals surface area contributed by atoms with E-state index in [0.29, 0.717) is 19.6 Å². The van der Waals surface area contributed by atoms with Crippen LogP contribution in [-0.2, 0) is 4.74 Å². The summed E-state index contributed by atoms with van der Waals surface area (Å²) in [4.78, 5) is 1.50. The second-order valence-corrected chi connectivity index (χ2v) is 3.66. The lowest BCUT2D eigenvalue weighted by atomic mass is 10.1. The van der Waals surface area contributed by atoms with Crippen molar-refractivity contribution in [2.75, 3.05) is 33.9 Å². The molecule has 0 amide bonds. The SMILES string of the molecule is COCCCN(C)CC(C(=N)N)C(F)(F)F. The average Bonchev–Trinajstić information content (AvgIpc) is 2.12. The van der Waals surface area contributed by atoms with Crippen molar-refractivity contribution in [3.8, 4) is 0 Å². The maximum atomic E-state index is 12.4. The maximum Gasteiger partial charge on any atom is 0.399 e. The fourth-order valence-electron chi connectivity index (χ4n) is 1.26. The van der Waals surface area contributed by atoms with E-state index in [4.69, 9.17) is 15.9 Å². The van der Waals surface area contributed by atoms with Crippen LogP contribution in [0.3, 0.4) is 0 Å². The third-order valence-corrected chi connectivity index (χ3v) is 2.15. The van der Waals surface area contributed by atoms with Crippen molar-refractivity contribution in [1.82, 2.24) is 4.90 Å². The summed E-state index contributed by atoms with van der Waals surface area (Å²) >= 11 is 0. The summed E-state index contributed by atoms with van der Waals surface area (Å²) in [5.41, 5.74) is 4.94. The molecule has 0 aromatic carbocycles. The molecule has 0 aromatic rings. The highest BCUT2D eigenvalue weighted by atomic mass is 19.4. The van der Waals surface area contributed by atoms with E-state index in [-0.39, 0.29) is 6.54 Å². The normalized spacial score (nSPS) is 14.1. The lowest BCUT2D eigenvalue weighted by molar-refractivity contribution is -0.159. The molecular formula is C9H18F3N3O. The Morgan fingerprint density at radius 3 is 2.44 bits per heavy atom. The van der Waals surface area contributed by atoms with Crippen LogP contribution < -0.4 is 5.73 Å². The number of rotatable bonds is 7. The number of alkyl halides is 3. The lowest BCUT2D eigenvalue weighted by Gasteiger charge is -2.24.